The molecule has 1 saturated carbocycles. The lowest BCUT2D eigenvalue weighted by atomic mass is 10.1. The third kappa shape index (κ3) is 2.95. The van der Waals surface area contributed by atoms with E-state index in [2.05, 4.69) is 0 Å². The standard InChI is InChI=1S/C15H18FNO2/c16-13-3-1-12(2-4-13)15(18)17(14-5-6-14)9-11-7-8-19-10-11/h1-4,11,14H,5-10H2/t11-/m0/s1. The molecule has 2 fully saturated rings. The molecule has 1 aromatic rings. The number of hydrogen-bond donors (Lipinski definition) is 0. The lowest BCUT2D eigenvalue weighted by Gasteiger charge is -2.25. The Morgan fingerprint density at radius 1 is 1.26 bits per heavy atom. The van der Waals surface area contributed by atoms with Gasteiger partial charge in [0.05, 0.1) is 6.61 Å². The minimum atomic E-state index is -0.307. The number of halogens is 1. The summed E-state index contributed by atoms with van der Waals surface area (Å²) in [6.45, 7) is 2.31. The van der Waals surface area contributed by atoms with Crippen molar-refractivity contribution < 1.29 is 13.9 Å². The molecule has 1 atom stereocenters. The highest BCUT2D eigenvalue weighted by Crippen LogP contribution is 2.30. The molecule has 0 aromatic heterocycles. The molecule has 1 aliphatic carbocycles. The molecule has 0 spiro atoms. The maximum absolute atomic E-state index is 12.9. The average Bonchev–Trinajstić information content (AvgIpc) is 3.13. The summed E-state index contributed by atoms with van der Waals surface area (Å²) < 4.78 is 18.3. The van der Waals surface area contributed by atoms with Gasteiger partial charge in [-0.25, -0.2) is 4.39 Å². The quantitative estimate of drug-likeness (QED) is 0.835. The Morgan fingerprint density at radius 2 is 2.00 bits per heavy atom. The van der Waals surface area contributed by atoms with Gasteiger partial charge in [0.2, 0.25) is 0 Å². The fraction of sp³-hybridized carbons (Fsp3) is 0.533. The summed E-state index contributed by atoms with van der Waals surface area (Å²) in [6, 6.07) is 6.20. The number of benzene rings is 1. The van der Waals surface area contributed by atoms with Crippen molar-refractivity contribution in [2.45, 2.75) is 25.3 Å². The molecule has 1 amide bonds. The number of amides is 1. The molecule has 19 heavy (non-hydrogen) atoms. The van der Waals surface area contributed by atoms with E-state index in [0.717, 1.165) is 39.0 Å². The molecule has 0 radical (unpaired) electrons. The summed E-state index contributed by atoms with van der Waals surface area (Å²) in [5, 5.41) is 0. The van der Waals surface area contributed by atoms with Gasteiger partial charge in [0.1, 0.15) is 5.82 Å². The van der Waals surface area contributed by atoms with Gasteiger partial charge in [0, 0.05) is 30.7 Å². The number of carbonyl (C=O) groups is 1. The van der Waals surface area contributed by atoms with Crippen molar-refractivity contribution in [3.05, 3.63) is 35.6 Å². The molecule has 1 heterocycles. The van der Waals surface area contributed by atoms with Crippen LogP contribution in [0.3, 0.4) is 0 Å². The van der Waals surface area contributed by atoms with E-state index < -0.39 is 0 Å². The third-order valence-corrected chi connectivity index (χ3v) is 3.82. The van der Waals surface area contributed by atoms with Crippen LogP contribution in [-0.2, 0) is 4.74 Å². The Labute approximate surface area is 112 Å². The normalized spacial score (nSPS) is 22.5. The van der Waals surface area contributed by atoms with E-state index in [9.17, 15) is 9.18 Å². The summed E-state index contributed by atoms with van der Waals surface area (Å²) in [5.41, 5.74) is 0.576. The second-order valence-electron chi connectivity index (χ2n) is 5.43. The van der Waals surface area contributed by atoms with Crippen LogP contribution in [0.5, 0.6) is 0 Å². The molecule has 3 nitrogen and oxygen atoms in total. The molecule has 0 unspecified atom stereocenters. The van der Waals surface area contributed by atoms with Crippen LogP contribution in [-0.4, -0.2) is 36.6 Å². The number of rotatable bonds is 4. The van der Waals surface area contributed by atoms with Gasteiger partial charge in [-0.05, 0) is 43.5 Å². The zero-order chi connectivity index (χ0) is 13.2. The summed E-state index contributed by atoms with van der Waals surface area (Å²) in [4.78, 5) is 14.4. The lowest BCUT2D eigenvalue weighted by Crippen LogP contribution is -2.37. The van der Waals surface area contributed by atoms with Gasteiger partial charge >= 0.3 is 0 Å². The zero-order valence-corrected chi connectivity index (χ0v) is 10.8. The van der Waals surface area contributed by atoms with Crippen LogP contribution in [0.2, 0.25) is 0 Å². The molecule has 2 aliphatic rings. The molecule has 1 saturated heterocycles. The Balaban J connectivity index is 1.71. The SMILES string of the molecule is O=C(c1ccc(F)cc1)N(C[C@@H]1CCOC1)C1CC1. The molecular formula is C15H18FNO2. The maximum atomic E-state index is 12.9. The van der Waals surface area contributed by atoms with Gasteiger partial charge in [-0.3, -0.25) is 4.79 Å². The fourth-order valence-electron chi connectivity index (χ4n) is 2.55. The minimum absolute atomic E-state index is 0.0226. The van der Waals surface area contributed by atoms with Crippen molar-refractivity contribution in [2.24, 2.45) is 5.92 Å². The summed E-state index contributed by atoms with van der Waals surface area (Å²) in [7, 11) is 0. The van der Waals surface area contributed by atoms with Gasteiger partial charge in [-0.15, -0.1) is 0 Å². The van der Waals surface area contributed by atoms with Gasteiger partial charge in [0.25, 0.3) is 5.91 Å². The fourth-order valence-corrected chi connectivity index (χ4v) is 2.55. The molecule has 1 aromatic carbocycles. The molecule has 0 bridgehead atoms. The van der Waals surface area contributed by atoms with Crippen molar-refractivity contribution in [3.63, 3.8) is 0 Å². The summed E-state index contributed by atoms with van der Waals surface area (Å²) in [5.74, 6) is 0.165. The second kappa shape index (κ2) is 5.29. The lowest BCUT2D eigenvalue weighted by molar-refractivity contribution is 0.0706. The number of nitrogens with zero attached hydrogens (tertiary/aromatic N) is 1. The largest absolute Gasteiger partial charge is 0.381 e. The smallest absolute Gasteiger partial charge is 0.254 e. The van der Waals surface area contributed by atoms with Crippen LogP contribution in [0.15, 0.2) is 24.3 Å². The van der Waals surface area contributed by atoms with E-state index in [4.69, 9.17) is 4.74 Å². The Bertz CT molecular complexity index is 450. The average molecular weight is 263 g/mol. The van der Waals surface area contributed by atoms with Gasteiger partial charge in [0.15, 0.2) is 0 Å². The van der Waals surface area contributed by atoms with E-state index in [-0.39, 0.29) is 11.7 Å². The summed E-state index contributed by atoms with van der Waals surface area (Å²) >= 11 is 0. The molecule has 102 valence electrons. The van der Waals surface area contributed by atoms with Crippen molar-refractivity contribution >= 4 is 5.91 Å². The first-order valence-corrected chi connectivity index (χ1v) is 6.88. The highest BCUT2D eigenvalue weighted by Gasteiger charge is 2.35. The molecule has 1 aliphatic heterocycles. The molecular weight excluding hydrogens is 245 g/mol. The number of ether oxygens (including phenoxy) is 1. The third-order valence-electron chi connectivity index (χ3n) is 3.82. The van der Waals surface area contributed by atoms with Crippen LogP contribution in [0.25, 0.3) is 0 Å². The predicted molar refractivity (Wildman–Crippen MR) is 69.4 cm³/mol. The zero-order valence-electron chi connectivity index (χ0n) is 10.8. The minimum Gasteiger partial charge on any atom is -0.381 e. The van der Waals surface area contributed by atoms with Crippen molar-refractivity contribution in [3.8, 4) is 0 Å². The number of hydrogen-bond acceptors (Lipinski definition) is 2. The maximum Gasteiger partial charge on any atom is 0.254 e. The van der Waals surface area contributed by atoms with Crippen LogP contribution in [0.1, 0.15) is 29.6 Å². The van der Waals surface area contributed by atoms with Crippen LogP contribution < -0.4 is 0 Å². The van der Waals surface area contributed by atoms with Crippen LogP contribution >= 0.6 is 0 Å². The predicted octanol–water partition coefficient (Wildman–Crippen LogP) is 2.47. The van der Waals surface area contributed by atoms with E-state index in [0.29, 0.717) is 17.5 Å². The Morgan fingerprint density at radius 3 is 2.58 bits per heavy atom. The van der Waals surface area contributed by atoms with Gasteiger partial charge < -0.3 is 9.64 Å². The Kier molecular flexibility index (Phi) is 3.51. The highest BCUT2D eigenvalue weighted by atomic mass is 19.1. The molecule has 3 rings (SSSR count). The number of carbonyl (C=O) groups excluding carboxylic acids is 1. The monoisotopic (exact) mass is 263 g/mol. The van der Waals surface area contributed by atoms with E-state index in [1.807, 2.05) is 4.90 Å². The van der Waals surface area contributed by atoms with Crippen molar-refractivity contribution in [1.29, 1.82) is 0 Å². The topological polar surface area (TPSA) is 29.5 Å². The summed E-state index contributed by atoms with van der Waals surface area (Å²) in [6.07, 6.45) is 3.20. The first-order valence-electron chi connectivity index (χ1n) is 6.88. The van der Waals surface area contributed by atoms with Gasteiger partial charge in [-0.2, -0.15) is 0 Å². The van der Waals surface area contributed by atoms with Crippen LogP contribution in [0.4, 0.5) is 4.39 Å². The van der Waals surface area contributed by atoms with Crippen molar-refractivity contribution in [2.75, 3.05) is 19.8 Å². The van der Waals surface area contributed by atoms with Gasteiger partial charge in [-0.1, -0.05) is 0 Å². The first kappa shape index (κ1) is 12.6. The Hall–Kier alpha value is -1.42. The second-order valence-corrected chi connectivity index (χ2v) is 5.43. The van der Waals surface area contributed by atoms with Crippen LogP contribution in [0, 0.1) is 11.7 Å². The van der Waals surface area contributed by atoms with E-state index in [1.54, 1.807) is 12.1 Å². The van der Waals surface area contributed by atoms with E-state index in [1.165, 1.54) is 12.1 Å². The molecule has 4 heteroatoms. The first-order chi connectivity index (χ1) is 9.24. The van der Waals surface area contributed by atoms with E-state index >= 15 is 0 Å². The highest BCUT2D eigenvalue weighted by molar-refractivity contribution is 5.94. The van der Waals surface area contributed by atoms with Crippen molar-refractivity contribution in [1.82, 2.24) is 4.90 Å². The molecule has 0 N–H and O–H groups in total.